The maximum atomic E-state index is 5.43. The summed E-state index contributed by atoms with van der Waals surface area (Å²) >= 11 is 0. The molecule has 0 aliphatic carbocycles. The molecule has 1 heterocycles. The fourth-order valence-electron chi connectivity index (χ4n) is 1.88. The zero-order valence-corrected chi connectivity index (χ0v) is 11.5. The fourth-order valence-corrected chi connectivity index (χ4v) is 1.88. The lowest BCUT2D eigenvalue weighted by Crippen LogP contribution is -2.18. The van der Waals surface area contributed by atoms with Crippen LogP contribution in [0.1, 0.15) is 31.1 Å². The van der Waals surface area contributed by atoms with Crippen LogP contribution >= 0.6 is 0 Å². The smallest absolute Gasteiger partial charge is 0.119 e. The van der Waals surface area contributed by atoms with E-state index < -0.39 is 0 Å². The average Bonchev–Trinajstić information content (AvgIpc) is 2.47. The lowest BCUT2D eigenvalue weighted by Gasteiger charge is -2.13. The first-order valence-corrected chi connectivity index (χ1v) is 6.65. The molecule has 19 heavy (non-hydrogen) atoms. The van der Waals surface area contributed by atoms with Crippen molar-refractivity contribution >= 4 is 0 Å². The Morgan fingerprint density at radius 1 is 1.16 bits per heavy atom. The van der Waals surface area contributed by atoms with Crippen molar-refractivity contribution in [1.29, 1.82) is 0 Å². The first kappa shape index (κ1) is 13.6. The van der Waals surface area contributed by atoms with E-state index in [1.165, 1.54) is 5.56 Å². The standard InChI is InChI=1S/C16H20N2O/c1-3-19-15-9-7-14(8-10-15)12-18-13(2)16-6-4-5-11-17-16/h4-11,13,18H,3,12H2,1-2H3. The van der Waals surface area contributed by atoms with Crippen LogP contribution < -0.4 is 10.1 Å². The van der Waals surface area contributed by atoms with Crippen molar-refractivity contribution in [1.82, 2.24) is 10.3 Å². The summed E-state index contributed by atoms with van der Waals surface area (Å²) < 4.78 is 5.43. The van der Waals surface area contributed by atoms with Crippen molar-refractivity contribution in [2.75, 3.05) is 6.61 Å². The molecule has 1 aromatic carbocycles. The van der Waals surface area contributed by atoms with E-state index in [9.17, 15) is 0 Å². The molecular weight excluding hydrogens is 236 g/mol. The fraction of sp³-hybridized carbons (Fsp3) is 0.312. The van der Waals surface area contributed by atoms with Gasteiger partial charge in [0, 0.05) is 18.8 Å². The molecule has 3 nitrogen and oxygen atoms in total. The number of nitrogens with zero attached hydrogens (tertiary/aromatic N) is 1. The minimum absolute atomic E-state index is 0.243. The summed E-state index contributed by atoms with van der Waals surface area (Å²) in [5.41, 5.74) is 2.31. The monoisotopic (exact) mass is 256 g/mol. The van der Waals surface area contributed by atoms with Gasteiger partial charge in [0.05, 0.1) is 12.3 Å². The van der Waals surface area contributed by atoms with Gasteiger partial charge in [0.25, 0.3) is 0 Å². The van der Waals surface area contributed by atoms with Gasteiger partial charge in [0.2, 0.25) is 0 Å². The van der Waals surface area contributed by atoms with Gasteiger partial charge in [-0.15, -0.1) is 0 Å². The normalized spacial score (nSPS) is 12.1. The molecule has 1 unspecified atom stereocenters. The average molecular weight is 256 g/mol. The third kappa shape index (κ3) is 4.07. The first-order valence-electron chi connectivity index (χ1n) is 6.65. The van der Waals surface area contributed by atoms with Crippen molar-refractivity contribution < 1.29 is 4.74 Å². The second-order valence-electron chi connectivity index (χ2n) is 4.43. The minimum Gasteiger partial charge on any atom is -0.494 e. The van der Waals surface area contributed by atoms with E-state index in [4.69, 9.17) is 4.74 Å². The summed E-state index contributed by atoms with van der Waals surface area (Å²) in [7, 11) is 0. The summed E-state index contributed by atoms with van der Waals surface area (Å²) in [5, 5.41) is 3.46. The molecular formula is C16H20N2O. The van der Waals surface area contributed by atoms with E-state index in [0.717, 1.165) is 18.0 Å². The summed E-state index contributed by atoms with van der Waals surface area (Å²) in [5.74, 6) is 0.920. The van der Waals surface area contributed by atoms with Crippen LogP contribution in [0.5, 0.6) is 5.75 Å². The molecule has 1 N–H and O–H groups in total. The maximum Gasteiger partial charge on any atom is 0.119 e. The van der Waals surface area contributed by atoms with Gasteiger partial charge in [-0.3, -0.25) is 4.98 Å². The van der Waals surface area contributed by atoms with E-state index >= 15 is 0 Å². The highest BCUT2D eigenvalue weighted by molar-refractivity contribution is 5.27. The van der Waals surface area contributed by atoms with Crippen molar-refractivity contribution in [2.45, 2.75) is 26.4 Å². The van der Waals surface area contributed by atoms with Gasteiger partial charge in [0.1, 0.15) is 5.75 Å². The Labute approximate surface area is 114 Å². The van der Waals surface area contributed by atoms with E-state index in [-0.39, 0.29) is 6.04 Å². The van der Waals surface area contributed by atoms with Gasteiger partial charge in [-0.05, 0) is 43.7 Å². The van der Waals surface area contributed by atoms with E-state index in [2.05, 4.69) is 29.4 Å². The topological polar surface area (TPSA) is 34.1 Å². The Balaban J connectivity index is 1.88. The Morgan fingerprint density at radius 2 is 1.95 bits per heavy atom. The highest BCUT2D eigenvalue weighted by Gasteiger charge is 2.05. The zero-order chi connectivity index (χ0) is 13.5. The number of ether oxygens (including phenoxy) is 1. The molecule has 0 aliphatic rings. The Bertz CT molecular complexity index is 482. The largest absolute Gasteiger partial charge is 0.494 e. The van der Waals surface area contributed by atoms with E-state index in [1.807, 2.05) is 43.5 Å². The molecule has 3 heteroatoms. The van der Waals surface area contributed by atoms with Gasteiger partial charge in [-0.2, -0.15) is 0 Å². The molecule has 0 bridgehead atoms. The van der Waals surface area contributed by atoms with Crippen molar-refractivity contribution in [3.63, 3.8) is 0 Å². The van der Waals surface area contributed by atoms with Gasteiger partial charge >= 0.3 is 0 Å². The molecule has 0 spiro atoms. The molecule has 0 radical (unpaired) electrons. The van der Waals surface area contributed by atoms with Crippen molar-refractivity contribution in [2.24, 2.45) is 0 Å². The summed E-state index contributed by atoms with van der Waals surface area (Å²) in [6, 6.07) is 14.4. The molecule has 0 saturated heterocycles. The van der Waals surface area contributed by atoms with Gasteiger partial charge in [-0.1, -0.05) is 18.2 Å². The van der Waals surface area contributed by atoms with Crippen LogP contribution in [0, 0.1) is 0 Å². The summed E-state index contributed by atoms with van der Waals surface area (Å²) in [6.45, 7) is 5.64. The predicted molar refractivity (Wildman–Crippen MR) is 77.1 cm³/mol. The summed E-state index contributed by atoms with van der Waals surface area (Å²) in [4.78, 5) is 4.35. The van der Waals surface area contributed by atoms with Crippen LogP contribution in [0.3, 0.4) is 0 Å². The number of rotatable bonds is 6. The number of hydrogen-bond donors (Lipinski definition) is 1. The number of hydrogen-bond acceptors (Lipinski definition) is 3. The Morgan fingerprint density at radius 3 is 2.58 bits per heavy atom. The number of nitrogens with one attached hydrogen (secondary N) is 1. The molecule has 2 aromatic rings. The van der Waals surface area contributed by atoms with Crippen LogP contribution in [0.2, 0.25) is 0 Å². The lowest BCUT2D eigenvalue weighted by atomic mass is 10.1. The molecule has 2 rings (SSSR count). The molecule has 0 fully saturated rings. The van der Waals surface area contributed by atoms with Crippen molar-refractivity contribution in [3.05, 3.63) is 59.9 Å². The van der Waals surface area contributed by atoms with E-state index in [0.29, 0.717) is 6.61 Å². The Kier molecular flexibility index (Phi) is 4.93. The highest BCUT2D eigenvalue weighted by Crippen LogP contribution is 2.13. The van der Waals surface area contributed by atoms with E-state index in [1.54, 1.807) is 0 Å². The first-order chi connectivity index (χ1) is 9.29. The summed E-state index contributed by atoms with van der Waals surface area (Å²) in [6.07, 6.45) is 1.82. The van der Waals surface area contributed by atoms with Crippen molar-refractivity contribution in [3.8, 4) is 5.75 Å². The quantitative estimate of drug-likeness (QED) is 0.860. The minimum atomic E-state index is 0.243. The third-order valence-corrected chi connectivity index (χ3v) is 2.98. The van der Waals surface area contributed by atoms with Crippen LogP contribution in [0.15, 0.2) is 48.7 Å². The second kappa shape index (κ2) is 6.90. The van der Waals surface area contributed by atoms with Crippen LogP contribution in [0.25, 0.3) is 0 Å². The predicted octanol–water partition coefficient (Wildman–Crippen LogP) is 3.33. The van der Waals surface area contributed by atoms with Crippen LogP contribution in [-0.2, 0) is 6.54 Å². The van der Waals surface area contributed by atoms with Gasteiger partial charge < -0.3 is 10.1 Å². The lowest BCUT2D eigenvalue weighted by molar-refractivity contribution is 0.340. The Hall–Kier alpha value is -1.87. The zero-order valence-electron chi connectivity index (χ0n) is 11.5. The molecule has 0 saturated carbocycles. The SMILES string of the molecule is CCOc1ccc(CNC(C)c2ccccn2)cc1. The van der Waals surface area contributed by atoms with Crippen LogP contribution in [-0.4, -0.2) is 11.6 Å². The second-order valence-corrected chi connectivity index (χ2v) is 4.43. The molecule has 100 valence electrons. The van der Waals surface area contributed by atoms with Crippen LogP contribution in [0.4, 0.5) is 0 Å². The maximum absolute atomic E-state index is 5.43. The van der Waals surface area contributed by atoms with Gasteiger partial charge in [-0.25, -0.2) is 0 Å². The number of aromatic nitrogens is 1. The number of benzene rings is 1. The van der Waals surface area contributed by atoms with Gasteiger partial charge in [0.15, 0.2) is 0 Å². The molecule has 0 amide bonds. The molecule has 1 atom stereocenters. The third-order valence-electron chi connectivity index (χ3n) is 2.98. The molecule has 0 aliphatic heterocycles. The molecule has 1 aromatic heterocycles. The highest BCUT2D eigenvalue weighted by atomic mass is 16.5. The number of pyridine rings is 1.